The minimum Gasteiger partial charge on any atom is -0.488 e. The summed E-state index contributed by atoms with van der Waals surface area (Å²) >= 11 is 7.95. The number of halogens is 1. The largest absolute Gasteiger partial charge is 0.488 e. The fourth-order valence-electron chi connectivity index (χ4n) is 1.78. The average Bonchev–Trinajstić information content (AvgIpc) is 2.92. The standard InChI is InChI=1S/C15H18ClNOS/c1-2-8-17-10-13-14(16)6-3-7-15(13)18-11-12-5-4-9-19-12/h3-7,9,17H,2,8,10-11H2,1H3. The van der Waals surface area contributed by atoms with Crippen LogP contribution in [0.1, 0.15) is 23.8 Å². The highest BCUT2D eigenvalue weighted by Gasteiger charge is 2.08. The molecule has 102 valence electrons. The van der Waals surface area contributed by atoms with Gasteiger partial charge in [-0.3, -0.25) is 0 Å². The maximum atomic E-state index is 6.25. The number of thiophene rings is 1. The van der Waals surface area contributed by atoms with Crippen molar-refractivity contribution in [3.8, 4) is 5.75 Å². The molecule has 0 saturated heterocycles. The van der Waals surface area contributed by atoms with Gasteiger partial charge in [-0.2, -0.15) is 0 Å². The Kier molecular flexibility index (Phi) is 5.70. The monoisotopic (exact) mass is 295 g/mol. The molecule has 19 heavy (non-hydrogen) atoms. The molecule has 0 amide bonds. The first-order chi connectivity index (χ1) is 9.31. The Hall–Kier alpha value is -1.03. The summed E-state index contributed by atoms with van der Waals surface area (Å²) in [5.41, 5.74) is 1.04. The first-order valence-electron chi connectivity index (χ1n) is 6.44. The lowest BCUT2D eigenvalue weighted by Crippen LogP contribution is -2.15. The number of hydrogen-bond acceptors (Lipinski definition) is 3. The van der Waals surface area contributed by atoms with E-state index in [0.717, 1.165) is 35.8 Å². The summed E-state index contributed by atoms with van der Waals surface area (Å²) < 4.78 is 5.88. The van der Waals surface area contributed by atoms with Crippen LogP contribution in [0.25, 0.3) is 0 Å². The molecular weight excluding hydrogens is 278 g/mol. The average molecular weight is 296 g/mol. The smallest absolute Gasteiger partial charge is 0.125 e. The van der Waals surface area contributed by atoms with E-state index in [-0.39, 0.29) is 0 Å². The molecule has 1 aromatic heterocycles. The summed E-state index contributed by atoms with van der Waals surface area (Å²) in [6.07, 6.45) is 1.11. The summed E-state index contributed by atoms with van der Waals surface area (Å²) in [5, 5.41) is 6.18. The van der Waals surface area contributed by atoms with Crippen LogP contribution >= 0.6 is 22.9 Å². The molecule has 0 spiro atoms. The molecular formula is C15H18ClNOS. The van der Waals surface area contributed by atoms with Crippen molar-refractivity contribution < 1.29 is 4.74 Å². The van der Waals surface area contributed by atoms with E-state index in [4.69, 9.17) is 16.3 Å². The van der Waals surface area contributed by atoms with Crippen LogP contribution in [-0.2, 0) is 13.2 Å². The minimum atomic E-state index is 0.596. The van der Waals surface area contributed by atoms with Crippen molar-refractivity contribution in [2.45, 2.75) is 26.5 Å². The Balaban J connectivity index is 2.03. The Morgan fingerprint density at radius 2 is 2.16 bits per heavy atom. The molecule has 0 aliphatic heterocycles. The Morgan fingerprint density at radius 3 is 2.89 bits per heavy atom. The summed E-state index contributed by atoms with van der Waals surface area (Å²) in [6.45, 7) is 4.47. The molecule has 4 heteroatoms. The van der Waals surface area contributed by atoms with E-state index in [1.54, 1.807) is 11.3 Å². The predicted molar refractivity (Wildman–Crippen MR) is 82.1 cm³/mol. The van der Waals surface area contributed by atoms with Gasteiger partial charge >= 0.3 is 0 Å². The molecule has 1 aromatic carbocycles. The summed E-state index contributed by atoms with van der Waals surface area (Å²) in [4.78, 5) is 1.22. The van der Waals surface area contributed by atoms with Gasteiger partial charge in [0.15, 0.2) is 0 Å². The highest BCUT2D eigenvalue weighted by Crippen LogP contribution is 2.27. The van der Waals surface area contributed by atoms with Crippen LogP contribution in [0.5, 0.6) is 5.75 Å². The number of benzene rings is 1. The lowest BCUT2D eigenvalue weighted by Gasteiger charge is -2.13. The van der Waals surface area contributed by atoms with Gasteiger partial charge in [0.25, 0.3) is 0 Å². The van der Waals surface area contributed by atoms with Crippen LogP contribution in [0.2, 0.25) is 5.02 Å². The van der Waals surface area contributed by atoms with Gasteiger partial charge in [0, 0.05) is 22.0 Å². The molecule has 0 aliphatic rings. The van der Waals surface area contributed by atoms with E-state index in [1.165, 1.54) is 4.88 Å². The zero-order valence-corrected chi connectivity index (χ0v) is 12.6. The SMILES string of the molecule is CCCNCc1c(Cl)cccc1OCc1cccs1. The van der Waals surface area contributed by atoms with Gasteiger partial charge in [0.05, 0.1) is 0 Å². The first-order valence-corrected chi connectivity index (χ1v) is 7.70. The summed E-state index contributed by atoms with van der Waals surface area (Å²) in [5.74, 6) is 0.865. The van der Waals surface area contributed by atoms with Gasteiger partial charge in [-0.15, -0.1) is 11.3 Å². The lowest BCUT2D eigenvalue weighted by molar-refractivity contribution is 0.305. The number of ether oxygens (including phenoxy) is 1. The van der Waals surface area contributed by atoms with Crippen LogP contribution in [0.15, 0.2) is 35.7 Å². The Morgan fingerprint density at radius 1 is 1.26 bits per heavy atom. The topological polar surface area (TPSA) is 21.3 Å². The molecule has 2 rings (SSSR count). The first kappa shape index (κ1) is 14.4. The van der Waals surface area contributed by atoms with Crippen molar-refractivity contribution in [2.24, 2.45) is 0 Å². The van der Waals surface area contributed by atoms with E-state index < -0.39 is 0 Å². The third-order valence-electron chi connectivity index (χ3n) is 2.75. The van der Waals surface area contributed by atoms with Gasteiger partial charge in [-0.1, -0.05) is 30.7 Å². The quantitative estimate of drug-likeness (QED) is 0.761. The zero-order valence-electron chi connectivity index (χ0n) is 11.0. The van der Waals surface area contributed by atoms with Gasteiger partial charge < -0.3 is 10.1 Å². The van der Waals surface area contributed by atoms with Crippen molar-refractivity contribution in [1.29, 1.82) is 0 Å². The number of nitrogens with one attached hydrogen (secondary N) is 1. The lowest BCUT2D eigenvalue weighted by atomic mass is 10.2. The van der Waals surface area contributed by atoms with Crippen molar-refractivity contribution >= 4 is 22.9 Å². The molecule has 0 bridgehead atoms. The van der Waals surface area contributed by atoms with E-state index >= 15 is 0 Å². The Bertz CT molecular complexity index is 499. The second-order valence-corrected chi connectivity index (χ2v) is 5.70. The predicted octanol–water partition coefficient (Wildman–Crippen LogP) is 4.48. The van der Waals surface area contributed by atoms with Crippen molar-refractivity contribution in [3.05, 3.63) is 51.2 Å². The fourth-order valence-corrected chi connectivity index (χ4v) is 2.63. The second kappa shape index (κ2) is 7.53. The van der Waals surface area contributed by atoms with Gasteiger partial charge in [0.2, 0.25) is 0 Å². The van der Waals surface area contributed by atoms with Crippen molar-refractivity contribution in [3.63, 3.8) is 0 Å². The van der Waals surface area contributed by atoms with E-state index in [9.17, 15) is 0 Å². The summed E-state index contributed by atoms with van der Waals surface area (Å²) in [7, 11) is 0. The maximum Gasteiger partial charge on any atom is 0.125 e. The fraction of sp³-hybridized carbons (Fsp3) is 0.333. The zero-order chi connectivity index (χ0) is 13.5. The van der Waals surface area contributed by atoms with Gasteiger partial charge in [0.1, 0.15) is 12.4 Å². The van der Waals surface area contributed by atoms with E-state index in [2.05, 4.69) is 23.7 Å². The van der Waals surface area contributed by atoms with E-state index in [0.29, 0.717) is 6.61 Å². The van der Waals surface area contributed by atoms with Crippen LogP contribution in [0.3, 0.4) is 0 Å². The molecule has 0 radical (unpaired) electrons. The molecule has 1 heterocycles. The van der Waals surface area contributed by atoms with Crippen LogP contribution in [0.4, 0.5) is 0 Å². The molecule has 2 nitrogen and oxygen atoms in total. The normalized spacial score (nSPS) is 10.6. The highest BCUT2D eigenvalue weighted by molar-refractivity contribution is 7.09. The molecule has 0 atom stereocenters. The van der Waals surface area contributed by atoms with Crippen molar-refractivity contribution in [1.82, 2.24) is 5.32 Å². The van der Waals surface area contributed by atoms with Crippen LogP contribution < -0.4 is 10.1 Å². The third kappa shape index (κ3) is 4.23. The molecule has 0 saturated carbocycles. The minimum absolute atomic E-state index is 0.596. The van der Waals surface area contributed by atoms with Gasteiger partial charge in [-0.05, 0) is 36.5 Å². The Labute approximate surface area is 123 Å². The third-order valence-corrected chi connectivity index (χ3v) is 3.96. The van der Waals surface area contributed by atoms with Crippen molar-refractivity contribution in [2.75, 3.05) is 6.54 Å². The second-order valence-electron chi connectivity index (χ2n) is 4.26. The number of hydrogen-bond donors (Lipinski definition) is 1. The molecule has 0 unspecified atom stereocenters. The number of rotatable bonds is 7. The van der Waals surface area contributed by atoms with Gasteiger partial charge in [-0.25, -0.2) is 0 Å². The molecule has 1 N–H and O–H groups in total. The van der Waals surface area contributed by atoms with Crippen LogP contribution in [-0.4, -0.2) is 6.54 Å². The highest BCUT2D eigenvalue weighted by atomic mass is 35.5. The molecule has 2 aromatic rings. The molecule has 0 fully saturated rings. The molecule has 0 aliphatic carbocycles. The van der Waals surface area contributed by atoms with E-state index in [1.807, 2.05) is 24.3 Å². The maximum absolute atomic E-state index is 6.25. The van der Waals surface area contributed by atoms with Crippen LogP contribution in [0, 0.1) is 0 Å². The summed E-state index contributed by atoms with van der Waals surface area (Å²) in [6, 6.07) is 9.91.